The first kappa shape index (κ1) is 14.1. The fraction of sp³-hybridized carbons (Fsp3) is 0.176. The predicted molar refractivity (Wildman–Crippen MR) is 83.3 cm³/mol. The first-order valence-corrected chi connectivity index (χ1v) is 7.02. The molecular formula is C17H16N2O3. The number of benzene rings is 1. The van der Waals surface area contributed by atoms with Crippen molar-refractivity contribution < 1.29 is 9.15 Å². The fourth-order valence-electron chi connectivity index (χ4n) is 2.16. The molecule has 0 aliphatic heterocycles. The van der Waals surface area contributed by atoms with Crippen molar-refractivity contribution in [2.75, 3.05) is 0 Å². The second kappa shape index (κ2) is 5.89. The molecule has 0 atom stereocenters. The summed E-state index contributed by atoms with van der Waals surface area (Å²) in [4.78, 5) is 15.8. The van der Waals surface area contributed by atoms with Gasteiger partial charge in [-0.1, -0.05) is 12.1 Å². The average molecular weight is 296 g/mol. The Morgan fingerprint density at radius 3 is 2.82 bits per heavy atom. The second-order valence-corrected chi connectivity index (χ2v) is 5.16. The van der Waals surface area contributed by atoms with Gasteiger partial charge in [-0.05, 0) is 26.0 Å². The highest BCUT2D eigenvalue weighted by Gasteiger charge is 2.08. The molecular weight excluding hydrogens is 280 g/mol. The highest BCUT2D eigenvalue weighted by atomic mass is 16.5. The summed E-state index contributed by atoms with van der Waals surface area (Å²) >= 11 is 0. The van der Waals surface area contributed by atoms with E-state index in [-0.39, 0.29) is 6.10 Å². The van der Waals surface area contributed by atoms with Crippen molar-refractivity contribution >= 4 is 0 Å². The van der Waals surface area contributed by atoms with E-state index in [0.29, 0.717) is 11.4 Å². The van der Waals surface area contributed by atoms with Crippen molar-refractivity contribution in [1.82, 2.24) is 9.55 Å². The zero-order chi connectivity index (χ0) is 15.5. The van der Waals surface area contributed by atoms with E-state index in [1.807, 2.05) is 38.1 Å². The summed E-state index contributed by atoms with van der Waals surface area (Å²) in [5, 5.41) is 0. The second-order valence-electron chi connectivity index (χ2n) is 5.16. The Balaban J connectivity index is 2.03. The van der Waals surface area contributed by atoms with Gasteiger partial charge in [0.05, 0.1) is 18.1 Å². The molecule has 0 bridgehead atoms. The molecule has 5 nitrogen and oxygen atoms in total. The van der Waals surface area contributed by atoms with E-state index < -0.39 is 5.63 Å². The third-order valence-electron chi connectivity index (χ3n) is 3.05. The van der Waals surface area contributed by atoms with Crippen molar-refractivity contribution in [3.63, 3.8) is 0 Å². The summed E-state index contributed by atoms with van der Waals surface area (Å²) in [5.74, 6) is 1.23. The topological polar surface area (TPSA) is 57.3 Å². The fourth-order valence-corrected chi connectivity index (χ4v) is 2.16. The van der Waals surface area contributed by atoms with Crippen LogP contribution in [0.4, 0.5) is 0 Å². The number of aromatic nitrogens is 2. The normalized spacial score (nSPS) is 10.9. The molecule has 0 amide bonds. The molecule has 3 rings (SSSR count). The standard InChI is InChI=1S/C17H16N2O3/c1-12(2)21-15-5-3-4-13(8-15)16-9-14(10-17(20)22-16)19-7-6-18-11-19/h3-12H,1-2H3. The van der Waals surface area contributed by atoms with Crippen LogP contribution in [0.2, 0.25) is 0 Å². The highest BCUT2D eigenvalue weighted by Crippen LogP contribution is 2.25. The van der Waals surface area contributed by atoms with Crippen LogP contribution in [0.5, 0.6) is 5.75 Å². The van der Waals surface area contributed by atoms with Crippen LogP contribution in [-0.4, -0.2) is 15.7 Å². The lowest BCUT2D eigenvalue weighted by Crippen LogP contribution is -2.05. The Labute approximate surface area is 127 Å². The Morgan fingerprint density at radius 1 is 1.23 bits per heavy atom. The van der Waals surface area contributed by atoms with Gasteiger partial charge in [0.2, 0.25) is 0 Å². The van der Waals surface area contributed by atoms with Gasteiger partial charge in [-0.2, -0.15) is 0 Å². The molecule has 3 aromatic rings. The molecule has 5 heteroatoms. The Bertz CT molecular complexity index is 820. The third-order valence-corrected chi connectivity index (χ3v) is 3.05. The minimum atomic E-state index is -0.406. The molecule has 0 unspecified atom stereocenters. The smallest absolute Gasteiger partial charge is 0.338 e. The van der Waals surface area contributed by atoms with Crippen LogP contribution in [0.3, 0.4) is 0 Å². The van der Waals surface area contributed by atoms with Crippen molar-refractivity contribution in [1.29, 1.82) is 0 Å². The lowest BCUT2D eigenvalue weighted by molar-refractivity contribution is 0.242. The molecule has 0 saturated heterocycles. The molecule has 2 heterocycles. The molecule has 0 saturated carbocycles. The monoisotopic (exact) mass is 296 g/mol. The molecule has 0 radical (unpaired) electrons. The molecule has 0 fully saturated rings. The van der Waals surface area contributed by atoms with Crippen LogP contribution in [0.1, 0.15) is 13.8 Å². The number of imidazole rings is 1. The van der Waals surface area contributed by atoms with Gasteiger partial charge in [-0.15, -0.1) is 0 Å². The van der Waals surface area contributed by atoms with Gasteiger partial charge in [0, 0.05) is 30.1 Å². The summed E-state index contributed by atoms with van der Waals surface area (Å²) in [6.45, 7) is 3.93. The number of ether oxygens (including phenoxy) is 1. The molecule has 2 aromatic heterocycles. The third kappa shape index (κ3) is 3.09. The van der Waals surface area contributed by atoms with E-state index in [4.69, 9.17) is 9.15 Å². The van der Waals surface area contributed by atoms with E-state index in [9.17, 15) is 4.79 Å². The maximum Gasteiger partial charge on any atom is 0.338 e. The Kier molecular flexibility index (Phi) is 3.78. The number of rotatable bonds is 4. The van der Waals surface area contributed by atoms with Gasteiger partial charge in [0.25, 0.3) is 0 Å². The number of hydrogen-bond acceptors (Lipinski definition) is 4. The van der Waals surface area contributed by atoms with E-state index in [2.05, 4.69) is 4.98 Å². The van der Waals surface area contributed by atoms with Crippen LogP contribution < -0.4 is 10.4 Å². The average Bonchev–Trinajstić information content (AvgIpc) is 3.00. The van der Waals surface area contributed by atoms with Crippen molar-refractivity contribution in [2.45, 2.75) is 20.0 Å². The van der Waals surface area contributed by atoms with E-state index in [1.165, 1.54) is 6.07 Å². The molecule has 1 aromatic carbocycles. The van der Waals surface area contributed by atoms with Crippen LogP contribution in [0, 0.1) is 0 Å². The highest BCUT2D eigenvalue weighted by molar-refractivity contribution is 5.61. The SMILES string of the molecule is CC(C)Oc1cccc(-c2cc(-n3ccnc3)cc(=O)o2)c1. The Hall–Kier alpha value is -2.82. The van der Waals surface area contributed by atoms with Gasteiger partial charge in [-0.25, -0.2) is 9.78 Å². The summed E-state index contributed by atoms with van der Waals surface area (Å²) in [7, 11) is 0. The summed E-state index contributed by atoms with van der Waals surface area (Å²) in [6.07, 6.45) is 5.15. The van der Waals surface area contributed by atoms with Crippen LogP contribution >= 0.6 is 0 Å². The molecule has 22 heavy (non-hydrogen) atoms. The summed E-state index contributed by atoms with van der Waals surface area (Å²) in [6, 6.07) is 10.7. The molecule has 0 N–H and O–H groups in total. The van der Waals surface area contributed by atoms with E-state index in [1.54, 1.807) is 29.4 Å². The van der Waals surface area contributed by atoms with Crippen LogP contribution in [0.15, 0.2) is 64.3 Å². The van der Waals surface area contributed by atoms with Gasteiger partial charge < -0.3 is 13.7 Å². The van der Waals surface area contributed by atoms with Crippen LogP contribution in [0.25, 0.3) is 17.0 Å². The van der Waals surface area contributed by atoms with Gasteiger partial charge in [-0.3, -0.25) is 0 Å². The largest absolute Gasteiger partial charge is 0.491 e. The first-order valence-electron chi connectivity index (χ1n) is 7.02. The summed E-state index contributed by atoms with van der Waals surface area (Å²) in [5.41, 5.74) is 1.09. The zero-order valence-electron chi connectivity index (χ0n) is 12.4. The maximum absolute atomic E-state index is 11.8. The zero-order valence-corrected chi connectivity index (χ0v) is 12.4. The Morgan fingerprint density at radius 2 is 2.09 bits per heavy atom. The van der Waals surface area contributed by atoms with Crippen LogP contribution in [-0.2, 0) is 0 Å². The van der Waals surface area contributed by atoms with Crippen molar-refractivity contribution in [3.8, 4) is 22.8 Å². The molecule has 0 aliphatic rings. The molecule has 112 valence electrons. The summed E-state index contributed by atoms with van der Waals surface area (Å²) < 4.78 is 12.8. The minimum Gasteiger partial charge on any atom is -0.491 e. The maximum atomic E-state index is 11.8. The van der Waals surface area contributed by atoms with Gasteiger partial charge in [0.15, 0.2) is 0 Å². The van der Waals surface area contributed by atoms with Crippen molar-refractivity contribution in [2.24, 2.45) is 0 Å². The lowest BCUT2D eigenvalue weighted by Gasteiger charge is -2.11. The first-order chi connectivity index (χ1) is 10.6. The van der Waals surface area contributed by atoms with Crippen molar-refractivity contribution in [3.05, 3.63) is 65.5 Å². The van der Waals surface area contributed by atoms with Gasteiger partial charge in [0.1, 0.15) is 11.5 Å². The molecule has 0 aliphatic carbocycles. The van der Waals surface area contributed by atoms with Gasteiger partial charge >= 0.3 is 5.63 Å². The quantitative estimate of drug-likeness (QED) is 0.741. The lowest BCUT2D eigenvalue weighted by atomic mass is 10.1. The number of hydrogen-bond donors (Lipinski definition) is 0. The predicted octanol–water partition coefficient (Wildman–Crippen LogP) is 3.28. The van der Waals surface area contributed by atoms with E-state index >= 15 is 0 Å². The minimum absolute atomic E-state index is 0.0829. The number of nitrogens with zero attached hydrogens (tertiary/aromatic N) is 2. The van der Waals surface area contributed by atoms with E-state index in [0.717, 1.165) is 11.3 Å². The molecule has 0 spiro atoms.